The van der Waals surface area contributed by atoms with E-state index in [0.717, 1.165) is 28.1 Å². The highest BCUT2D eigenvalue weighted by Gasteiger charge is 2.13. The number of nitrogens with zero attached hydrogens (tertiary/aromatic N) is 2. The zero-order chi connectivity index (χ0) is 24.6. The molecule has 174 valence electrons. The van der Waals surface area contributed by atoms with Crippen molar-refractivity contribution < 1.29 is 0 Å². The maximum Gasteiger partial charge on any atom is 0.159 e. The van der Waals surface area contributed by atoms with Gasteiger partial charge >= 0.3 is 0 Å². The second-order valence-corrected chi connectivity index (χ2v) is 10.2. The fourth-order valence-corrected chi connectivity index (χ4v) is 6.18. The minimum atomic E-state index is 0.724. The number of thiophene rings is 1. The van der Waals surface area contributed by atoms with Crippen LogP contribution in [0, 0.1) is 0 Å². The highest BCUT2D eigenvalue weighted by atomic mass is 32.1. The fourth-order valence-electron chi connectivity index (χ4n) is 4.94. The maximum atomic E-state index is 4.85. The van der Waals surface area contributed by atoms with Gasteiger partial charge in [-0.3, -0.25) is 0 Å². The van der Waals surface area contributed by atoms with Crippen LogP contribution in [0.3, 0.4) is 0 Å². The smallest absolute Gasteiger partial charge is 0.159 e. The van der Waals surface area contributed by atoms with Crippen LogP contribution in [0.2, 0.25) is 0 Å². The van der Waals surface area contributed by atoms with Crippen molar-refractivity contribution >= 4 is 31.5 Å². The number of rotatable bonds is 4. The van der Waals surface area contributed by atoms with Crippen LogP contribution in [0.25, 0.3) is 64.9 Å². The van der Waals surface area contributed by atoms with Gasteiger partial charge in [-0.05, 0) is 46.5 Å². The Balaban J connectivity index is 1.33. The molecule has 0 fully saturated rings. The molecule has 3 heteroatoms. The number of benzene rings is 5. The third-order valence-electron chi connectivity index (χ3n) is 6.77. The van der Waals surface area contributed by atoms with Gasteiger partial charge in [0.2, 0.25) is 0 Å². The van der Waals surface area contributed by atoms with Crippen molar-refractivity contribution in [2.75, 3.05) is 0 Å². The average Bonchev–Trinajstić information content (AvgIpc) is 3.37. The minimum Gasteiger partial charge on any atom is -0.236 e. The van der Waals surface area contributed by atoms with E-state index in [2.05, 4.69) is 109 Å². The van der Waals surface area contributed by atoms with E-state index in [1.807, 2.05) is 35.9 Å². The molecule has 2 nitrogen and oxygen atoms in total. The molecular weight excluding hydrogens is 468 g/mol. The largest absolute Gasteiger partial charge is 0.236 e. The van der Waals surface area contributed by atoms with E-state index in [1.54, 1.807) is 0 Å². The van der Waals surface area contributed by atoms with E-state index in [1.165, 1.54) is 36.9 Å². The third kappa shape index (κ3) is 4.00. The maximum absolute atomic E-state index is 4.85. The molecule has 0 spiro atoms. The first-order valence-electron chi connectivity index (χ1n) is 12.3. The van der Waals surface area contributed by atoms with Gasteiger partial charge in [-0.1, -0.05) is 97.1 Å². The van der Waals surface area contributed by atoms with Crippen LogP contribution >= 0.6 is 11.3 Å². The summed E-state index contributed by atoms with van der Waals surface area (Å²) in [4.78, 5) is 9.70. The van der Waals surface area contributed by atoms with Gasteiger partial charge in [0.1, 0.15) is 0 Å². The molecule has 0 bridgehead atoms. The Bertz CT molecular complexity index is 1800. The summed E-state index contributed by atoms with van der Waals surface area (Å²) in [6.07, 6.45) is 3.91. The van der Waals surface area contributed by atoms with Crippen molar-refractivity contribution in [1.82, 2.24) is 9.97 Å². The van der Waals surface area contributed by atoms with E-state index in [0.29, 0.717) is 0 Å². The molecule has 0 saturated carbocycles. The number of fused-ring (bicyclic) bond motifs is 3. The van der Waals surface area contributed by atoms with Crippen LogP contribution in [-0.4, -0.2) is 9.97 Å². The standard InChI is InChI=1S/C34H22N2S/c1-3-10-23(11-4-1)25-18-26(24-12-5-2-6-13-24)20-27(19-25)34-35-21-28(22-36-34)29-15-9-16-31-30-14-7-8-17-32(30)37-33(29)31/h1-22H. The predicted molar refractivity (Wildman–Crippen MR) is 157 cm³/mol. The van der Waals surface area contributed by atoms with E-state index < -0.39 is 0 Å². The molecule has 2 heterocycles. The van der Waals surface area contributed by atoms with E-state index in [-0.39, 0.29) is 0 Å². The van der Waals surface area contributed by atoms with Crippen LogP contribution < -0.4 is 0 Å². The highest BCUT2D eigenvalue weighted by molar-refractivity contribution is 7.26. The summed E-state index contributed by atoms with van der Waals surface area (Å²) in [6.45, 7) is 0. The van der Waals surface area contributed by atoms with Crippen molar-refractivity contribution in [3.63, 3.8) is 0 Å². The second-order valence-electron chi connectivity index (χ2n) is 9.11. The van der Waals surface area contributed by atoms with Gasteiger partial charge in [0.15, 0.2) is 5.82 Å². The Kier molecular flexibility index (Phi) is 5.34. The summed E-state index contributed by atoms with van der Waals surface area (Å²) in [7, 11) is 0. The Labute approximate surface area is 219 Å². The van der Waals surface area contributed by atoms with Crippen LogP contribution in [0.4, 0.5) is 0 Å². The summed E-state index contributed by atoms with van der Waals surface area (Å²) in [6, 6.07) is 42.6. The molecule has 0 aliphatic rings. The topological polar surface area (TPSA) is 25.8 Å². The first-order chi connectivity index (χ1) is 18.3. The molecule has 7 aromatic rings. The summed E-state index contributed by atoms with van der Waals surface area (Å²) >= 11 is 1.83. The minimum absolute atomic E-state index is 0.724. The molecule has 0 amide bonds. The quantitative estimate of drug-likeness (QED) is 0.245. The highest BCUT2D eigenvalue weighted by Crippen LogP contribution is 2.39. The molecule has 0 unspecified atom stereocenters. The predicted octanol–water partition coefficient (Wildman–Crippen LogP) is 9.51. The molecule has 0 radical (unpaired) electrons. The van der Waals surface area contributed by atoms with Gasteiger partial charge in [0.25, 0.3) is 0 Å². The summed E-state index contributed by atoms with van der Waals surface area (Å²) < 4.78 is 2.58. The van der Waals surface area contributed by atoms with Crippen molar-refractivity contribution in [3.05, 3.63) is 134 Å². The van der Waals surface area contributed by atoms with E-state index >= 15 is 0 Å². The molecule has 7 rings (SSSR count). The number of hydrogen-bond acceptors (Lipinski definition) is 3. The molecule has 0 atom stereocenters. The number of aromatic nitrogens is 2. The van der Waals surface area contributed by atoms with Gasteiger partial charge in [-0.15, -0.1) is 11.3 Å². The molecule has 0 saturated heterocycles. The van der Waals surface area contributed by atoms with Gasteiger partial charge in [0, 0.05) is 49.3 Å². The van der Waals surface area contributed by atoms with Crippen molar-refractivity contribution in [3.8, 4) is 44.8 Å². The lowest BCUT2D eigenvalue weighted by Gasteiger charge is -2.11. The molecule has 0 N–H and O–H groups in total. The number of hydrogen-bond donors (Lipinski definition) is 0. The molecular formula is C34H22N2S. The zero-order valence-corrected chi connectivity index (χ0v) is 20.8. The zero-order valence-electron chi connectivity index (χ0n) is 20.0. The Morgan fingerprint density at radius 1 is 0.432 bits per heavy atom. The lowest BCUT2D eigenvalue weighted by atomic mass is 9.96. The molecule has 0 aliphatic carbocycles. The van der Waals surface area contributed by atoms with Gasteiger partial charge in [0.05, 0.1) is 0 Å². The molecule has 5 aromatic carbocycles. The SMILES string of the molecule is c1ccc(-c2cc(-c3ccccc3)cc(-c3ncc(-c4cccc5c4sc4ccccc45)cn3)c2)cc1. The first-order valence-corrected chi connectivity index (χ1v) is 13.1. The normalized spacial score (nSPS) is 11.2. The van der Waals surface area contributed by atoms with Crippen LogP contribution in [0.5, 0.6) is 0 Å². The third-order valence-corrected chi connectivity index (χ3v) is 7.99. The van der Waals surface area contributed by atoms with E-state index in [4.69, 9.17) is 9.97 Å². The lowest BCUT2D eigenvalue weighted by molar-refractivity contribution is 1.18. The average molecular weight is 491 g/mol. The second kappa shape index (κ2) is 9.12. The van der Waals surface area contributed by atoms with E-state index in [9.17, 15) is 0 Å². The van der Waals surface area contributed by atoms with Gasteiger partial charge < -0.3 is 0 Å². The van der Waals surface area contributed by atoms with Crippen molar-refractivity contribution in [2.24, 2.45) is 0 Å². The van der Waals surface area contributed by atoms with Crippen LogP contribution in [-0.2, 0) is 0 Å². The fraction of sp³-hybridized carbons (Fsp3) is 0. The van der Waals surface area contributed by atoms with Gasteiger partial charge in [-0.25, -0.2) is 9.97 Å². The summed E-state index contributed by atoms with van der Waals surface area (Å²) in [5, 5.41) is 2.58. The lowest BCUT2D eigenvalue weighted by Crippen LogP contribution is -1.92. The Hall–Kier alpha value is -4.60. The molecule has 0 aliphatic heterocycles. The summed E-state index contributed by atoms with van der Waals surface area (Å²) in [5.41, 5.74) is 7.87. The van der Waals surface area contributed by atoms with Crippen molar-refractivity contribution in [2.45, 2.75) is 0 Å². The van der Waals surface area contributed by atoms with Crippen molar-refractivity contribution in [1.29, 1.82) is 0 Å². The van der Waals surface area contributed by atoms with Crippen LogP contribution in [0.15, 0.2) is 134 Å². The van der Waals surface area contributed by atoms with Gasteiger partial charge in [-0.2, -0.15) is 0 Å². The molecule has 2 aromatic heterocycles. The Morgan fingerprint density at radius 2 is 1.00 bits per heavy atom. The molecule has 37 heavy (non-hydrogen) atoms. The summed E-state index contributed by atoms with van der Waals surface area (Å²) in [5.74, 6) is 0.724. The monoisotopic (exact) mass is 490 g/mol. The Morgan fingerprint density at radius 3 is 1.68 bits per heavy atom. The van der Waals surface area contributed by atoms with Crippen LogP contribution in [0.1, 0.15) is 0 Å². The first kappa shape index (κ1) is 21.7.